The van der Waals surface area contributed by atoms with E-state index in [2.05, 4.69) is 29.8 Å². The number of ether oxygens (including phenoxy) is 1. The number of benzene rings is 1. The fraction of sp³-hybridized carbons (Fsp3) is 0.389. The second-order valence-corrected chi connectivity index (χ2v) is 5.80. The lowest BCUT2D eigenvalue weighted by Gasteiger charge is -2.29. The van der Waals surface area contributed by atoms with E-state index >= 15 is 0 Å². The molecule has 110 valence electrons. The Morgan fingerprint density at radius 1 is 1.14 bits per heavy atom. The molecule has 0 spiro atoms. The molecule has 0 amide bonds. The average molecular weight is 282 g/mol. The molecule has 21 heavy (non-hydrogen) atoms. The molecule has 2 aromatic rings. The molecule has 1 fully saturated rings. The normalized spacial score (nSPS) is 19.1. The van der Waals surface area contributed by atoms with Crippen molar-refractivity contribution in [2.24, 2.45) is 0 Å². The third kappa shape index (κ3) is 3.08. The molecule has 1 saturated heterocycles. The minimum Gasteiger partial charge on any atom is -0.439 e. The summed E-state index contributed by atoms with van der Waals surface area (Å²) in [6.07, 6.45) is 4.22. The molecule has 3 nitrogen and oxygen atoms in total. The van der Waals surface area contributed by atoms with Gasteiger partial charge in [-0.2, -0.15) is 0 Å². The average Bonchev–Trinajstić information content (AvgIpc) is 2.98. The molecular weight excluding hydrogens is 260 g/mol. The number of hydrogen-bond acceptors (Lipinski definition) is 3. The zero-order chi connectivity index (χ0) is 14.7. The lowest BCUT2D eigenvalue weighted by atomic mass is 10.1. The van der Waals surface area contributed by atoms with Crippen molar-refractivity contribution in [2.75, 3.05) is 6.54 Å². The van der Waals surface area contributed by atoms with E-state index in [0.717, 1.165) is 18.2 Å². The molecule has 0 saturated carbocycles. The van der Waals surface area contributed by atoms with Gasteiger partial charge in [0.15, 0.2) is 0 Å². The summed E-state index contributed by atoms with van der Waals surface area (Å²) in [5, 5.41) is 0. The zero-order valence-corrected chi connectivity index (χ0v) is 12.7. The number of nitrogens with zero attached hydrogens (tertiary/aromatic N) is 2. The minimum atomic E-state index is 0.414. The van der Waals surface area contributed by atoms with Crippen molar-refractivity contribution in [3.05, 3.63) is 54.2 Å². The Hall–Kier alpha value is -1.87. The van der Waals surface area contributed by atoms with Crippen LogP contribution in [-0.4, -0.2) is 22.5 Å². The third-order valence-electron chi connectivity index (χ3n) is 4.07. The van der Waals surface area contributed by atoms with Crippen molar-refractivity contribution in [3.63, 3.8) is 0 Å². The molecular formula is C18H22N2O. The van der Waals surface area contributed by atoms with Crippen molar-refractivity contribution >= 4 is 0 Å². The summed E-state index contributed by atoms with van der Waals surface area (Å²) in [4.78, 5) is 7.00. The molecule has 1 aromatic carbocycles. The lowest BCUT2D eigenvalue weighted by Crippen LogP contribution is -2.30. The summed E-state index contributed by atoms with van der Waals surface area (Å²) < 4.78 is 6.01. The number of pyridine rings is 1. The van der Waals surface area contributed by atoms with E-state index in [1.54, 1.807) is 6.20 Å². The summed E-state index contributed by atoms with van der Waals surface area (Å²) in [6.45, 7) is 5.67. The second kappa shape index (κ2) is 6.27. The first-order valence-electron chi connectivity index (χ1n) is 7.69. The van der Waals surface area contributed by atoms with E-state index < -0.39 is 0 Å². The molecule has 2 heterocycles. The Morgan fingerprint density at radius 3 is 2.71 bits per heavy atom. The summed E-state index contributed by atoms with van der Waals surface area (Å²) in [5.74, 6) is 1.58. The first kappa shape index (κ1) is 14.1. The van der Waals surface area contributed by atoms with Gasteiger partial charge in [0.05, 0.1) is 0 Å². The number of para-hydroxylation sites is 1. The zero-order valence-electron chi connectivity index (χ0n) is 12.7. The van der Waals surface area contributed by atoms with Crippen LogP contribution in [0, 0.1) is 0 Å². The molecule has 3 heteroatoms. The summed E-state index contributed by atoms with van der Waals surface area (Å²) >= 11 is 0. The fourth-order valence-corrected chi connectivity index (χ4v) is 3.08. The van der Waals surface area contributed by atoms with Crippen LogP contribution in [0.2, 0.25) is 0 Å². The van der Waals surface area contributed by atoms with Crippen molar-refractivity contribution in [1.82, 2.24) is 9.88 Å². The van der Waals surface area contributed by atoms with E-state index in [0.29, 0.717) is 12.1 Å². The maximum Gasteiger partial charge on any atom is 0.223 e. The van der Waals surface area contributed by atoms with Crippen LogP contribution in [-0.2, 0) is 0 Å². The van der Waals surface area contributed by atoms with Crippen molar-refractivity contribution in [1.29, 1.82) is 0 Å². The van der Waals surface area contributed by atoms with Crippen LogP contribution < -0.4 is 4.74 Å². The van der Waals surface area contributed by atoms with Gasteiger partial charge < -0.3 is 4.74 Å². The van der Waals surface area contributed by atoms with E-state index in [9.17, 15) is 0 Å². The van der Waals surface area contributed by atoms with Gasteiger partial charge in [0, 0.05) is 23.8 Å². The van der Waals surface area contributed by atoms with Crippen molar-refractivity contribution in [3.8, 4) is 11.6 Å². The van der Waals surface area contributed by atoms with Crippen LogP contribution in [0.1, 0.15) is 38.3 Å². The van der Waals surface area contributed by atoms with Crippen molar-refractivity contribution < 1.29 is 4.74 Å². The van der Waals surface area contributed by atoms with E-state index in [1.807, 2.05) is 36.4 Å². The fourth-order valence-electron chi connectivity index (χ4n) is 3.08. The number of aromatic nitrogens is 1. The molecule has 0 unspecified atom stereocenters. The standard InChI is InChI=1S/C18H22N2O/c1-14(2)20-13-7-11-17(20)16-10-6-12-19-18(16)21-15-8-4-3-5-9-15/h3-6,8-10,12,14,17H,7,11,13H2,1-2H3/t17-/m0/s1. The Kier molecular flexibility index (Phi) is 4.20. The highest BCUT2D eigenvalue weighted by Gasteiger charge is 2.30. The van der Waals surface area contributed by atoms with Crippen molar-refractivity contribution in [2.45, 2.75) is 38.8 Å². The first-order chi connectivity index (χ1) is 10.3. The maximum absolute atomic E-state index is 6.01. The van der Waals surface area contributed by atoms with Gasteiger partial charge in [0.2, 0.25) is 5.88 Å². The summed E-state index contributed by atoms with van der Waals surface area (Å²) in [7, 11) is 0. The van der Waals surface area contributed by atoms with Gasteiger partial charge in [-0.05, 0) is 51.4 Å². The SMILES string of the molecule is CC(C)N1CCC[C@H]1c1cccnc1Oc1ccccc1. The molecule has 1 aliphatic heterocycles. The molecule has 1 atom stereocenters. The molecule has 1 aromatic heterocycles. The van der Waals surface area contributed by atoms with Crippen LogP contribution in [0.25, 0.3) is 0 Å². The van der Waals surface area contributed by atoms with E-state index in [4.69, 9.17) is 4.74 Å². The number of rotatable bonds is 4. The van der Waals surface area contributed by atoms with Crippen LogP contribution in [0.3, 0.4) is 0 Å². The highest BCUT2D eigenvalue weighted by Crippen LogP contribution is 2.38. The molecule has 0 bridgehead atoms. The molecule has 0 aliphatic carbocycles. The van der Waals surface area contributed by atoms with Gasteiger partial charge in [0.1, 0.15) is 5.75 Å². The van der Waals surface area contributed by atoms with Gasteiger partial charge >= 0.3 is 0 Å². The van der Waals surface area contributed by atoms with Crippen LogP contribution in [0.15, 0.2) is 48.7 Å². The predicted octanol–water partition coefficient (Wildman–Crippen LogP) is 4.42. The molecule has 3 rings (SSSR count). The highest BCUT2D eigenvalue weighted by atomic mass is 16.5. The largest absolute Gasteiger partial charge is 0.439 e. The Balaban J connectivity index is 1.89. The maximum atomic E-state index is 6.01. The smallest absolute Gasteiger partial charge is 0.223 e. The predicted molar refractivity (Wildman–Crippen MR) is 84.6 cm³/mol. The molecule has 1 aliphatic rings. The summed E-state index contributed by atoms with van der Waals surface area (Å²) in [5.41, 5.74) is 1.20. The van der Waals surface area contributed by atoms with Gasteiger partial charge in [-0.25, -0.2) is 4.98 Å². The molecule has 0 N–H and O–H groups in total. The van der Waals surface area contributed by atoms with Crippen LogP contribution in [0.5, 0.6) is 11.6 Å². The van der Waals surface area contributed by atoms with Crippen LogP contribution in [0.4, 0.5) is 0 Å². The third-order valence-corrected chi connectivity index (χ3v) is 4.07. The molecule has 0 radical (unpaired) electrons. The van der Waals surface area contributed by atoms with Gasteiger partial charge in [0.25, 0.3) is 0 Å². The monoisotopic (exact) mass is 282 g/mol. The minimum absolute atomic E-state index is 0.414. The Morgan fingerprint density at radius 2 is 1.95 bits per heavy atom. The lowest BCUT2D eigenvalue weighted by molar-refractivity contribution is 0.202. The van der Waals surface area contributed by atoms with Gasteiger partial charge in [-0.3, -0.25) is 4.90 Å². The first-order valence-corrected chi connectivity index (χ1v) is 7.69. The Labute approximate surface area is 126 Å². The quantitative estimate of drug-likeness (QED) is 0.830. The summed E-state index contributed by atoms with van der Waals surface area (Å²) in [6, 6.07) is 15.0. The van der Waals surface area contributed by atoms with Gasteiger partial charge in [-0.15, -0.1) is 0 Å². The number of hydrogen-bond donors (Lipinski definition) is 0. The topological polar surface area (TPSA) is 25.4 Å². The number of likely N-dealkylation sites (tertiary alicyclic amines) is 1. The van der Waals surface area contributed by atoms with Gasteiger partial charge in [-0.1, -0.05) is 24.3 Å². The van der Waals surface area contributed by atoms with E-state index in [-0.39, 0.29) is 0 Å². The van der Waals surface area contributed by atoms with Crippen LogP contribution >= 0.6 is 0 Å². The Bertz CT molecular complexity index is 583. The highest BCUT2D eigenvalue weighted by molar-refractivity contribution is 5.34. The van der Waals surface area contributed by atoms with E-state index in [1.165, 1.54) is 18.4 Å². The second-order valence-electron chi connectivity index (χ2n) is 5.80.